The van der Waals surface area contributed by atoms with Crippen LogP contribution in [0.4, 0.5) is 13.2 Å². The fraction of sp³-hybridized carbons (Fsp3) is 0.333. The third-order valence-electron chi connectivity index (χ3n) is 1.92. The van der Waals surface area contributed by atoms with Gasteiger partial charge in [0.2, 0.25) is 0 Å². The molecule has 1 unspecified atom stereocenters. The van der Waals surface area contributed by atoms with Gasteiger partial charge in [0.1, 0.15) is 5.82 Å². The van der Waals surface area contributed by atoms with E-state index in [0.29, 0.717) is 0 Å². The van der Waals surface area contributed by atoms with Crippen LogP contribution < -0.4 is 5.90 Å². The highest BCUT2D eigenvalue weighted by atomic mass is 19.2. The molecule has 0 aliphatic rings. The molecule has 0 saturated heterocycles. The Morgan fingerprint density at radius 2 is 1.86 bits per heavy atom. The molecule has 78 valence electrons. The van der Waals surface area contributed by atoms with Crippen molar-refractivity contribution in [1.82, 2.24) is 0 Å². The monoisotopic (exact) mass is 205 g/mol. The number of halogens is 3. The Hall–Kier alpha value is -1.07. The molecular formula is C9H10F3NO. The molecule has 5 heteroatoms. The Morgan fingerprint density at radius 3 is 2.43 bits per heavy atom. The van der Waals surface area contributed by atoms with Gasteiger partial charge in [0, 0.05) is 11.5 Å². The molecule has 2 N–H and O–H groups in total. The van der Waals surface area contributed by atoms with Crippen molar-refractivity contribution in [2.24, 2.45) is 5.90 Å². The first-order valence-corrected chi connectivity index (χ1v) is 4.03. The highest BCUT2D eigenvalue weighted by molar-refractivity contribution is 5.24. The smallest absolute Gasteiger partial charge is 0.165 e. The number of hydrogen-bond acceptors (Lipinski definition) is 2. The highest BCUT2D eigenvalue weighted by Crippen LogP contribution is 2.24. The van der Waals surface area contributed by atoms with Crippen LogP contribution in [0, 0.1) is 17.5 Å². The Morgan fingerprint density at radius 1 is 1.29 bits per heavy atom. The molecule has 0 aliphatic heterocycles. The molecule has 0 radical (unpaired) electrons. The number of rotatable bonds is 3. The van der Waals surface area contributed by atoms with E-state index in [9.17, 15) is 13.2 Å². The fourth-order valence-corrected chi connectivity index (χ4v) is 1.22. The predicted molar refractivity (Wildman–Crippen MR) is 44.9 cm³/mol. The van der Waals surface area contributed by atoms with E-state index in [0.717, 1.165) is 12.1 Å². The second-order valence-electron chi connectivity index (χ2n) is 2.99. The van der Waals surface area contributed by atoms with Crippen molar-refractivity contribution in [1.29, 1.82) is 0 Å². The van der Waals surface area contributed by atoms with E-state index < -0.39 is 23.4 Å². The van der Waals surface area contributed by atoms with Gasteiger partial charge in [-0.3, -0.25) is 0 Å². The second kappa shape index (κ2) is 4.43. The summed E-state index contributed by atoms with van der Waals surface area (Å²) in [4.78, 5) is 4.25. The molecular weight excluding hydrogens is 195 g/mol. The van der Waals surface area contributed by atoms with E-state index >= 15 is 0 Å². The van der Waals surface area contributed by atoms with E-state index in [4.69, 9.17) is 5.90 Å². The van der Waals surface area contributed by atoms with Crippen LogP contribution in [0.1, 0.15) is 18.4 Å². The fourth-order valence-electron chi connectivity index (χ4n) is 1.22. The van der Waals surface area contributed by atoms with Gasteiger partial charge in [-0.25, -0.2) is 19.1 Å². The molecule has 2 nitrogen and oxygen atoms in total. The molecule has 0 saturated carbocycles. The number of benzene rings is 1. The van der Waals surface area contributed by atoms with Gasteiger partial charge >= 0.3 is 0 Å². The molecule has 0 fully saturated rings. The van der Waals surface area contributed by atoms with Crippen molar-refractivity contribution in [3.05, 3.63) is 35.1 Å². The molecule has 14 heavy (non-hydrogen) atoms. The van der Waals surface area contributed by atoms with Crippen LogP contribution in [0.25, 0.3) is 0 Å². The normalized spacial score (nSPS) is 12.9. The average molecular weight is 205 g/mol. The van der Waals surface area contributed by atoms with Crippen LogP contribution in [0.5, 0.6) is 0 Å². The summed E-state index contributed by atoms with van der Waals surface area (Å²) in [5, 5.41) is 0. The second-order valence-corrected chi connectivity index (χ2v) is 2.99. The van der Waals surface area contributed by atoms with Crippen LogP contribution in [0.2, 0.25) is 0 Å². The van der Waals surface area contributed by atoms with Gasteiger partial charge in [0.25, 0.3) is 0 Å². The highest BCUT2D eigenvalue weighted by Gasteiger charge is 2.19. The lowest BCUT2D eigenvalue weighted by Gasteiger charge is -2.12. The summed E-state index contributed by atoms with van der Waals surface area (Å²) in [5.41, 5.74) is -0.338. The van der Waals surface area contributed by atoms with Crippen LogP contribution in [-0.4, -0.2) is 6.61 Å². The summed E-state index contributed by atoms with van der Waals surface area (Å²) in [5.74, 6) is 1.08. The zero-order valence-electron chi connectivity index (χ0n) is 7.56. The molecule has 1 aromatic carbocycles. The molecule has 0 aliphatic carbocycles. The van der Waals surface area contributed by atoms with E-state index in [2.05, 4.69) is 4.84 Å². The van der Waals surface area contributed by atoms with E-state index in [1.54, 1.807) is 0 Å². The Labute approximate surface area is 79.4 Å². The Bertz CT molecular complexity index is 330. The third-order valence-corrected chi connectivity index (χ3v) is 1.92. The van der Waals surface area contributed by atoms with E-state index in [-0.39, 0.29) is 12.2 Å². The summed E-state index contributed by atoms with van der Waals surface area (Å²) in [6.45, 7) is 1.42. The summed E-state index contributed by atoms with van der Waals surface area (Å²) in [7, 11) is 0. The van der Waals surface area contributed by atoms with Crippen molar-refractivity contribution in [3.8, 4) is 0 Å². The van der Waals surface area contributed by atoms with Crippen molar-refractivity contribution in [2.45, 2.75) is 12.8 Å². The minimum Gasteiger partial charge on any atom is -0.304 e. The van der Waals surface area contributed by atoms with Crippen molar-refractivity contribution in [2.75, 3.05) is 6.61 Å². The summed E-state index contributed by atoms with van der Waals surface area (Å²) >= 11 is 0. The van der Waals surface area contributed by atoms with E-state index in [1.165, 1.54) is 6.92 Å². The van der Waals surface area contributed by atoms with Gasteiger partial charge < -0.3 is 4.84 Å². The topological polar surface area (TPSA) is 35.2 Å². The first kappa shape index (κ1) is 11.0. The van der Waals surface area contributed by atoms with Crippen LogP contribution in [0.15, 0.2) is 12.1 Å². The van der Waals surface area contributed by atoms with Gasteiger partial charge in [-0.15, -0.1) is 0 Å². The van der Waals surface area contributed by atoms with Gasteiger partial charge in [-0.1, -0.05) is 6.92 Å². The van der Waals surface area contributed by atoms with Gasteiger partial charge in [0.15, 0.2) is 11.6 Å². The Balaban J connectivity index is 3.11. The summed E-state index contributed by atoms with van der Waals surface area (Å²) < 4.78 is 39.0. The minimum absolute atomic E-state index is 0.0721. The van der Waals surface area contributed by atoms with Crippen LogP contribution >= 0.6 is 0 Å². The van der Waals surface area contributed by atoms with Crippen molar-refractivity contribution in [3.63, 3.8) is 0 Å². The zero-order chi connectivity index (χ0) is 10.7. The maximum Gasteiger partial charge on any atom is 0.165 e. The maximum absolute atomic E-state index is 13.1. The van der Waals surface area contributed by atoms with E-state index in [1.807, 2.05) is 0 Å². The lowest BCUT2D eigenvalue weighted by molar-refractivity contribution is 0.124. The molecule has 0 spiro atoms. The van der Waals surface area contributed by atoms with Crippen LogP contribution in [-0.2, 0) is 4.84 Å². The summed E-state index contributed by atoms with van der Waals surface area (Å²) in [6.07, 6.45) is 0. The van der Waals surface area contributed by atoms with Crippen molar-refractivity contribution < 1.29 is 18.0 Å². The number of nitrogens with two attached hydrogens (primary N) is 1. The first-order chi connectivity index (χ1) is 6.57. The minimum atomic E-state index is -1.19. The molecule has 0 aromatic heterocycles. The lowest BCUT2D eigenvalue weighted by atomic mass is 10.0. The van der Waals surface area contributed by atoms with Crippen molar-refractivity contribution >= 4 is 0 Å². The zero-order valence-corrected chi connectivity index (χ0v) is 7.56. The standard InChI is InChI=1S/C9H10F3NO/c1-5(4-14-13)8-6(10)2-3-7(11)9(8)12/h2-3,5H,4,13H2,1H3. The predicted octanol–water partition coefficient (Wildman–Crippen LogP) is 2.10. The molecule has 0 bridgehead atoms. The Kier molecular flexibility index (Phi) is 3.49. The summed E-state index contributed by atoms with van der Waals surface area (Å²) in [6, 6.07) is 1.62. The molecule has 1 atom stereocenters. The third kappa shape index (κ3) is 2.05. The SMILES string of the molecule is CC(CON)c1c(F)ccc(F)c1F. The van der Waals surface area contributed by atoms with Gasteiger partial charge in [-0.2, -0.15) is 0 Å². The van der Waals surface area contributed by atoms with Crippen LogP contribution in [0.3, 0.4) is 0 Å². The van der Waals surface area contributed by atoms with Gasteiger partial charge in [-0.05, 0) is 12.1 Å². The average Bonchev–Trinajstić information content (AvgIpc) is 2.13. The maximum atomic E-state index is 13.1. The quantitative estimate of drug-likeness (QED) is 0.605. The molecule has 0 amide bonds. The first-order valence-electron chi connectivity index (χ1n) is 4.03. The lowest BCUT2D eigenvalue weighted by Crippen LogP contribution is -2.12. The largest absolute Gasteiger partial charge is 0.304 e. The molecule has 1 rings (SSSR count). The molecule has 0 heterocycles. The van der Waals surface area contributed by atoms with Gasteiger partial charge in [0.05, 0.1) is 6.61 Å². The molecule has 1 aromatic rings. The number of hydrogen-bond donors (Lipinski definition) is 1.